The van der Waals surface area contributed by atoms with Crippen LogP contribution in [0.3, 0.4) is 0 Å². The summed E-state index contributed by atoms with van der Waals surface area (Å²) in [4.78, 5) is 16.8. The van der Waals surface area contributed by atoms with Crippen molar-refractivity contribution in [2.45, 2.75) is 50.2 Å². The van der Waals surface area contributed by atoms with E-state index in [9.17, 15) is 9.90 Å². The van der Waals surface area contributed by atoms with Gasteiger partial charge in [0.05, 0.1) is 24.8 Å². The Bertz CT molecular complexity index is 1720. The molecular weight excluding hydrogens is 524 g/mol. The van der Waals surface area contributed by atoms with Gasteiger partial charge in [-0.3, -0.25) is 0 Å². The first kappa shape index (κ1) is 26.4. The van der Waals surface area contributed by atoms with E-state index in [2.05, 4.69) is 63.9 Å². The molecule has 212 valence electrons. The zero-order valence-corrected chi connectivity index (χ0v) is 23.4. The molecular formula is C35H34N4O3. The molecule has 2 N–H and O–H groups in total. The summed E-state index contributed by atoms with van der Waals surface area (Å²) in [5.74, 6) is 0.409. The molecule has 0 saturated heterocycles. The highest BCUT2D eigenvalue weighted by Gasteiger charge is 2.39. The van der Waals surface area contributed by atoms with Gasteiger partial charge in [-0.15, -0.1) is 0 Å². The molecule has 0 spiro atoms. The number of carboxylic acid groups (broad SMARTS) is 1. The second-order valence-corrected chi connectivity index (χ2v) is 11.5. The van der Waals surface area contributed by atoms with E-state index in [-0.39, 0.29) is 23.8 Å². The van der Waals surface area contributed by atoms with Gasteiger partial charge in [0.25, 0.3) is 0 Å². The Kier molecular flexibility index (Phi) is 7.18. The van der Waals surface area contributed by atoms with E-state index in [0.29, 0.717) is 18.8 Å². The molecule has 1 saturated carbocycles. The van der Waals surface area contributed by atoms with E-state index in [0.717, 1.165) is 53.8 Å². The number of aryl methyl sites for hydroxylation is 1. The van der Waals surface area contributed by atoms with Crippen molar-refractivity contribution in [1.29, 1.82) is 0 Å². The van der Waals surface area contributed by atoms with Crippen LogP contribution >= 0.6 is 0 Å². The SMILES string of the molecule is O=C(O)c1ccccc1[C@H]1C[C@@H](c2ccc3c(N[C@H]4CCc5ccccc54)ncnn23)C[C@@H]1COCc1ccccc1. The third-order valence-electron chi connectivity index (χ3n) is 9.07. The lowest BCUT2D eigenvalue weighted by Crippen LogP contribution is -2.16. The van der Waals surface area contributed by atoms with Crippen LogP contribution in [0.25, 0.3) is 5.52 Å². The summed E-state index contributed by atoms with van der Waals surface area (Å²) in [6.45, 7) is 1.10. The Morgan fingerprint density at radius 2 is 1.71 bits per heavy atom. The Hall–Kier alpha value is -4.49. The quantitative estimate of drug-likeness (QED) is 0.202. The molecule has 2 aliphatic rings. The molecule has 7 rings (SSSR count). The molecule has 42 heavy (non-hydrogen) atoms. The first-order valence-electron chi connectivity index (χ1n) is 14.8. The van der Waals surface area contributed by atoms with Crippen LogP contribution in [0, 0.1) is 5.92 Å². The molecule has 5 aromatic rings. The maximum Gasteiger partial charge on any atom is 0.335 e. The number of aromatic nitrogens is 3. The predicted molar refractivity (Wildman–Crippen MR) is 162 cm³/mol. The minimum absolute atomic E-state index is 0.0676. The number of fused-ring (bicyclic) bond motifs is 2. The van der Waals surface area contributed by atoms with Gasteiger partial charge < -0.3 is 15.2 Å². The largest absolute Gasteiger partial charge is 0.478 e. The van der Waals surface area contributed by atoms with Crippen molar-refractivity contribution in [2.75, 3.05) is 11.9 Å². The third kappa shape index (κ3) is 5.05. The average molecular weight is 559 g/mol. The Morgan fingerprint density at radius 3 is 2.57 bits per heavy atom. The van der Waals surface area contributed by atoms with E-state index in [1.165, 1.54) is 11.1 Å². The normalized spacial score (nSPS) is 21.4. The fraction of sp³-hybridized carbons (Fsp3) is 0.286. The Balaban J connectivity index is 1.16. The third-order valence-corrected chi connectivity index (χ3v) is 9.07. The monoisotopic (exact) mass is 558 g/mol. The fourth-order valence-corrected chi connectivity index (χ4v) is 7.10. The van der Waals surface area contributed by atoms with Gasteiger partial charge in [0.15, 0.2) is 5.82 Å². The average Bonchev–Trinajstić information content (AvgIpc) is 3.75. The molecule has 0 bridgehead atoms. The lowest BCUT2D eigenvalue weighted by atomic mass is 9.86. The summed E-state index contributed by atoms with van der Waals surface area (Å²) < 4.78 is 8.26. The van der Waals surface area contributed by atoms with E-state index in [1.807, 2.05) is 34.8 Å². The molecule has 7 nitrogen and oxygen atoms in total. The van der Waals surface area contributed by atoms with Gasteiger partial charge in [0.2, 0.25) is 0 Å². The van der Waals surface area contributed by atoms with Crippen molar-refractivity contribution in [2.24, 2.45) is 5.92 Å². The second kappa shape index (κ2) is 11.4. The van der Waals surface area contributed by atoms with Gasteiger partial charge in [0.1, 0.15) is 11.8 Å². The molecule has 4 atom stereocenters. The van der Waals surface area contributed by atoms with Gasteiger partial charge in [-0.05, 0) is 78.0 Å². The summed E-state index contributed by atoms with van der Waals surface area (Å²) in [6, 6.07) is 30.7. The highest BCUT2D eigenvalue weighted by molar-refractivity contribution is 5.89. The summed E-state index contributed by atoms with van der Waals surface area (Å²) in [5.41, 5.74) is 7.23. The maximum absolute atomic E-state index is 12.2. The number of nitrogens with zero attached hydrogens (tertiary/aromatic N) is 3. The number of anilines is 1. The molecule has 0 unspecified atom stereocenters. The van der Waals surface area contributed by atoms with Crippen molar-refractivity contribution in [1.82, 2.24) is 14.6 Å². The van der Waals surface area contributed by atoms with Crippen LogP contribution in [-0.2, 0) is 17.8 Å². The molecule has 2 heterocycles. The predicted octanol–water partition coefficient (Wildman–Crippen LogP) is 7.02. The Labute approximate surface area is 245 Å². The molecule has 0 aliphatic heterocycles. The van der Waals surface area contributed by atoms with Crippen LogP contribution in [0.15, 0.2) is 97.3 Å². The second-order valence-electron chi connectivity index (χ2n) is 11.5. The zero-order valence-electron chi connectivity index (χ0n) is 23.4. The molecule has 2 aromatic heterocycles. The lowest BCUT2D eigenvalue weighted by molar-refractivity contribution is 0.0689. The fourth-order valence-electron chi connectivity index (χ4n) is 7.10. The molecule has 7 heteroatoms. The van der Waals surface area contributed by atoms with E-state index >= 15 is 0 Å². The van der Waals surface area contributed by atoms with Crippen molar-refractivity contribution in [3.63, 3.8) is 0 Å². The highest BCUT2D eigenvalue weighted by Crippen LogP contribution is 2.49. The van der Waals surface area contributed by atoms with Crippen molar-refractivity contribution >= 4 is 17.3 Å². The zero-order chi connectivity index (χ0) is 28.5. The van der Waals surface area contributed by atoms with Crippen molar-refractivity contribution in [3.8, 4) is 0 Å². The van der Waals surface area contributed by atoms with Crippen molar-refractivity contribution < 1.29 is 14.6 Å². The van der Waals surface area contributed by atoms with E-state index in [1.54, 1.807) is 18.5 Å². The summed E-state index contributed by atoms with van der Waals surface area (Å²) in [5, 5.41) is 18.3. The summed E-state index contributed by atoms with van der Waals surface area (Å²) in [6.07, 6.45) is 5.46. The Morgan fingerprint density at radius 1 is 0.929 bits per heavy atom. The lowest BCUT2D eigenvalue weighted by Gasteiger charge is -2.21. The van der Waals surface area contributed by atoms with Gasteiger partial charge in [0, 0.05) is 11.6 Å². The van der Waals surface area contributed by atoms with E-state index in [4.69, 9.17) is 4.74 Å². The number of hydrogen-bond donors (Lipinski definition) is 2. The molecule has 3 aromatic carbocycles. The van der Waals surface area contributed by atoms with Gasteiger partial charge in [-0.25, -0.2) is 14.3 Å². The van der Waals surface area contributed by atoms with Crippen LogP contribution in [0.2, 0.25) is 0 Å². The minimum atomic E-state index is -0.886. The minimum Gasteiger partial charge on any atom is -0.478 e. The number of ether oxygens (including phenoxy) is 1. The van der Waals surface area contributed by atoms with Crippen LogP contribution in [0.1, 0.15) is 75.4 Å². The standard InChI is InChI=1S/C35H34N4O3/c40-35(41)29-13-7-6-12-28(29)30-19-25(18-26(30)21-42-20-23-8-2-1-3-9-23)32-16-17-33-34(36-22-37-39(32)33)38-31-15-14-24-10-4-5-11-27(24)31/h1-13,16-17,22,25-26,30-31H,14-15,18-21H2,(H,40,41)(H,36,37,38)/t25-,26+,30-,31-/m0/s1. The van der Waals surface area contributed by atoms with E-state index < -0.39 is 5.97 Å². The summed E-state index contributed by atoms with van der Waals surface area (Å²) in [7, 11) is 0. The van der Waals surface area contributed by atoms with Gasteiger partial charge >= 0.3 is 5.97 Å². The topological polar surface area (TPSA) is 88.8 Å². The maximum atomic E-state index is 12.2. The number of nitrogens with one attached hydrogen (secondary N) is 1. The number of hydrogen-bond acceptors (Lipinski definition) is 5. The molecule has 0 radical (unpaired) electrons. The van der Waals surface area contributed by atoms with Gasteiger partial charge in [-0.1, -0.05) is 72.8 Å². The first-order chi connectivity index (χ1) is 20.7. The van der Waals surface area contributed by atoms with Gasteiger partial charge in [-0.2, -0.15) is 5.10 Å². The number of benzene rings is 3. The number of rotatable bonds is 9. The number of aromatic carboxylic acids is 1. The van der Waals surface area contributed by atoms with Crippen LogP contribution in [0.4, 0.5) is 5.82 Å². The van der Waals surface area contributed by atoms with Crippen LogP contribution in [-0.4, -0.2) is 32.3 Å². The highest BCUT2D eigenvalue weighted by atomic mass is 16.5. The first-order valence-corrected chi connectivity index (χ1v) is 14.8. The molecule has 0 amide bonds. The summed E-state index contributed by atoms with van der Waals surface area (Å²) >= 11 is 0. The number of carboxylic acids is 1. The van der Waals surface area contributed by atoms with Crippen LogP contribution in [0.5, 0.6) is 0 Å². The number of carbonyl (C=O) groups is 1. The molecule has 2 aliphatic carbocycles. The smallest absolute Gasteiger partial charge is 0.335 e. The van der Waals surface area contributed by atoms with Crippen molar-refractivity contribution in [3.05, 3.63) is 131 Å². The molecule has 1 fully saturated rings. The van der Waals surface area contributed by atoms with Crippen LogP contribution < -0.4 is 5.32 Å².